The highest BCUT2D eigenvalue weighted by atomic mass is 32.1. The van der Waals surface area contributed by atoms with Crippen LogP contribution >= 0.6 is 11.3 Å². The molecule has 0 bridgehead atoms. The summed E-state index contributed by atoms with van der Waals surface area (Å²) in [6.45, 7) is -0.0206. The van der Waals surface area contributed by atoms with Crippen LogP contribution in [0, 0.1) is 0 Å². The van der Waals surface area contributed by atoms with Crippen LogP contribution in [-0.2, 0) is 4.79 Å². The van der Waals surface area contributed by atoms with Crippen LogP contribution in [-0.4, -0.2) is 23.3 Å². The topological polar surface area (TPSA) is 88.3 Å². The number of fused-ring (bicyclic) bond motifs is 1. The minimum absolute atomic E-state index is 0.0206. The summed E-state index contributed by atoms with van der Waals surface area (Å²) in [6, 6.07) is 7.14. The highest BCUT2D eigenvalue weighted by molar-refractivity contribution is 7.13. The van der Waals surface area contributed by atoms with Crippen molar-refractivity contribution in [1.29, 1.82) is 0 Å². The predicted molar refractivity (Wildman–Crippen MR) is 73.3 cm³/mol. The Morgan fingerprint density at radius 3 is 2.95 bits per heavy atom. The summed E-state index contributed by atoms with van der Waals surface area (Å²) in [5.41, 5.74) is 7.07. The largest absolute Gasteiger partial charge is 0.375 e. The van der Waals surface area contributed by atoms with E-state index in [1.165, 1.54) is 16.2 Å². The van der Waals surface area contributed by atoms with Gasteiger partial charge in [0.25, 0.3) is 5.91 Å². The van der Waals surface area contributed by atoms with Crippen molar-refractivity contribution in [3.05, 3.63) is 35.3 Å². The zero-order valence-corrected chi connectivity index (χ0v) is 10.6. The summed E-state index contributed by atoms with van der Waals surface area (Å²) >= 11 is 1.20. The van der Waals surface area contributed by atoms with Gasteiger partial charge in [-0.05, 0) is 12.1 Å². The fourth-order valence-corrected chi connectivity index (χ4v) is 2.48. The van der Waals surface area contributed by atoms with Crippen molar-refractivity contribution in [3.63, 3.8) is 0 Å². The Labute approximate surface area is 112 Å². The summed E-state index contributed by atoms with van der Waals surface area (Å²) in [4.78, 5) is 29.3. The van der Waals surface area contributed by atoms with Crippen molar-refractivity contribution in [2.45, 2.75) is 0 Å². The van der Waals surface area contributed by atoms with E-state index in [-0.39, 0.29) is 24.1 Å². The number of nitrogens with two attached hydrogens (primary N) is 1. The lowest BCUT2D eigenvalue weighted by Crippen LogP contribution is -2.42. The summed E-state index contributed by atoms with van der Waals surface area (Å²) in [6.07, 6.45) is 0. The van der Waals surface area contributed by atoms with E-state index in [0.717, 1.165) is 0 Å². The Hall–Kier alpha value is -2.41. The lowest BCUT2D eigenvalue weighted by atomic mass is 10.2. The summed E-state index contributed by atoms with van der Waals surface area (Å²) in [5.74, 6) is -0.550. The first-order chi connectivity index (χ1) is 9.15. The lowest BCUT2D eigenvalue weighted by Gasteiger charge is -2.28. The van der Waals surface area contributed by atoms with Gasteiger partial charge in [0.1, 0.15) is 12.2 Å². The molecule has 0 unspecified atom stereocenters. The van der Waals surface area contributed by atoms with Crippen molar-refractivity contribution in [3.8, 4) is 0 Å². The molecule has 96 valence electrons. The first kappa shape index (κ1) is 11.7. The van der Waals surface area contributed by atoms with Crippen LogP contribution in [0.15, 0.2) is 29.6 Å². The molecular formula is C12H10N4O2S. The third-order valence-corrected chi connectivity index (χ3v) is 3.43. The molecule has 2 aromatic rings. The van der Waals surface area contributed by atoms with Crippen LogP contribution in [0.2, 0.25) is 0 Å². The third-order valence-electron chi connectivity index (χ3n) is 2.76. The van der Waals surface area contributed by atoms with Crippen LogP contribution in [0.5, 0.6) is 0 Å². The van der Waals surface area contributed by atoms with Gasteiger partial charge in [0.15, 0.2) is 5.13 Å². The maximum absolute atomic E-state index is 12.4. The van der Waals surface area contributed by atoms with E-state index in [9.17, 15) is 9.59 Å². The third kappa shape index (κ3) is 2.04. The van der Waals surface area contributed by atoms with Gasteiger partial charge in [-0.15, -0.1) is 11.3 Å². The number of aromatic nitrogens is 1. The summed E-state index contributed by atoms with van der Waals surface area (Å²) in [7, 11) is 0. The number of thiazole rings is 1. The number of carbonyl (C=O) groups is 2. The number of amides is 2. The van der Waals surface area contributed by atoms with Crippen LogP contribution in [0.25, 0.3) is 0 Å². The molecule has 0 saturated heterocycles. The molecule has 0 spiro atoms. The number of anilines is 3. The van der Waals surface area contributed by atoms with Gasteiger partial charge in [-0.25, -0.2) is 4.98 Å². The second kappa shape index (κ2) is 4.36. The van der Waals surface area contributed by atoms with Gasteiger partial charge < -0.3 is 11.1 Å². The van der Waals surface area contributed by atoms with Gasteiger partial charge in [0, 0.05) is 5.38 Å². The number of para-hydroxylation sites is 2. The highest BCUT2D eigenvalue weighted by Gasteiger charge is 2.28. The second-order valence-electron chi connectivity index (χ2n) is 4.03. The van der Waals surface area contributed by atoms with Gasteiger partial charge in [-0.1, -0.05) is 12.1 Å². The first-order valence-corrected chi connectivity index (χ1v) is 6.45. The number of nitrogen functional groups attached to an aromatic ring is 1. The molecule has 1 aliphatic rings. The fraction of sp³-hybridized carbons (Fsp3) is 0.0833. The predicted octanol–water partition coefficient (Wildman–Crippen LogP) is 1.32. The molecule has 19 heavy (non-hydrogen) atoms. The van der Waals surface area contributed by atoms with Crippen molar-refractivity contribution < 1.29 is 9.59 Å². The van der Waals surface area contributed by atoms with Gasteiger partial charge >= 0.3 is 0 Å². The molecule has 3 N–H and O–H groups in total. The maximum atomic E-state index is 12.4. The number of nitrogens with zero attached hydrogens (tertiary/aromatic N) is 2. The highest BCUT2D eigenvalue weighted by Crippen LogP contribution is 2.30. The van der Waals surface area contributed by atoms with E-state index < -0.39 is 0 Å². The molecule has 2 amide bonds. The Kier molecular flexibility index (Phi) is 2.68. The molecule has 0 saturated carbocycles. The Balaban J connectivity index is 2.01. The van der Waals surface area contributed by atoms with Gasteiger partial charge in [0.05, 0.1) is 11.4 Å². The smallest absolute Gasteiger partial charge is 0.278 e. The fourth-order valence-electron chi connectivity index (χ4n) is 1.94. The number of hydrogen-bond acceptors (Lipinski definition) is 5. The molecule has 1 aromatic carbocycles. The zero-order chi connectivity index (χ0) is 13.4. The molecular weight excluding hydrogens is 264 g/mol. The molecule has 0 aliphatic carbocycles. The zero-order valence-electron chi connectivity index (χ0n) is 9.79. The Bertz CT molecular complexity index is 667. The molecule has 0 fully saturated rings. The summed E-state index contributed by atoms with van der Waals surface area (Å²) in [5, 5.41) is 4.65. The molecule has 1 aliphatic heterocycles. The number of hydrogen-bond donors (Lipinski definition) is 2. The van der Waals surface area contributed by atoms with E-state index in [2.05, 4.69) is 10.3 Å². The molecule has 3 rings (SSSR count). The monoisotopic (exact) mass is 274 g/mol. The van der Waals surface area contributed by atoms with Crippen molar-refractivity contribution in [2.75, 3.05) is 22.5 Å². The van der Waals surface area contributed by atoms with E-state index in [4.69, 9.17) is 5.73 Å². The van der Waals surface area contributed by atoms with E-state index in [1.807, 2.05) is 6.07 Å². The number of benzene rings is 1. The first-order valence-electron chi connectivity index (χ1n) is 5.57. The molecule has 1 aromatic heterocycles. The van der Waals surface area contributed by atoms with Crippen molar-refractivity contribution >= 4 is 39.7 Å². The molecule has 0 radical (unpaired) electrons. The van der Waals surface area contributed by atoms with E-state index in [0.29, 0.717) is 16.5 Å². The normalized spacial score (nSPS) is 13.9. The number of nitrogens with one attached hydrogen (secondary N) is 1. The quantitative estimate of drug-likeness (QED) is 0.821. The number of rotatable bonds is 1. The van der Waals surface area contributed by atoms with Crippen molar-refractivity contribution in [1.82, 2.24) is 4.98 Å². The standard InChI is InChI=1S/C12H10N4O2S/c13-12-15-8(6-19-12)11(18)16-5-10(17)14-7-3-1-2-4-9(7)16/h1-4,6H,5H2,(H2,13,15)(H,14,17). The van der Waals surface area contributed by atoms with Gasteiger partial charge in [0.2, 0.25) is 5.91 Å². The molecule has 7 heteroatoms. The SMILES string of the molecule is Nc1nc(C(=O)N2CC(=O)Nc3ccccc32)cs1. The van der Waals surface area contributed by atoms with E-state index >= 15 is 0 Å². The van der Waals surface area contributed by atoms with Crippen LogP contribution in [0.1, 0.15) is 10.5 Å². The Morgan fingerprint density at radius 2 is 2.21 bits per heavy atom. The van der Waals surface area contributed by atoms with Crippen LogP contribution < -0.4 is 16.0 Å². The number of carbonyl (C=O) groups excluding carboxylic acids is 2. The molecule has 0 atom stereocenters. The van der Waals surface area contributed by atoms with Crippen molar-refractivity contribution in [2.24, 2.45) is 0 Å². The lowest BCUT2D eigenvalue weighted by molar-refractivity contribution is -0.115. The minimum Gasteiger partial charge on any atom is -0.375 e. The van der Waals surface area contributed by atoms with E-state index in [1.54, 1.807) is 23.6 Å². The average Bonchev–Trinajstić information content (AvgIpc) is 2.83. The Morgan fingerprint density at radius 1 is 1.42 bits per heavy atom. The maximum Gasteiger partial charge on any atom is 0.278 e. The average molecular weight is 274 g/mol. The second-order valence-corrected chi connectivity index (χ2v) is 4.92. The molecule has 2 heterocycles. The van der Waals surface area contributed by atoms with Gasteiger partial charge in [-0.3, -0.25) is 14.5 Å². The van der Waals surface area contributed by atoms with Crippen LogP contribution in [0.4, 0.5) is 16.5 Å². The van der Waals surface area contributed by atoms with Crippen LogP contribution in [0.3, 0.4) is 0 Å². The summed E-state index contributed by atoms with van der Waals surface area (Å²) < 4.78 is 0. The minimum atomic E-state index is -0.324. The van der Waals surface area contributed by atoms with Gasteiger partial charge in [-0.2, -0.15) is 0 Å². The molecule has 6 nitrogen and oxygen atoms in total.